The van der Waals surface area contributed by atoms with Gasteiger partial charge in [-0.1, -0.05) is 6.58 Å². The van der Waals surface area contributed by atoms with Crippen molar-refractivity contribution in [3.63, 3.8) is 0 Å². The van der Waals surface area contributed by atoms with E-state index in [2.05, 4.69) is 21.8 Å². The summed E-state index contributed by atoms with van der Waals surface area (Å²) in [6.45, 7) is 5.22. The van der Waals surface area contributed by atoms with Crippen LogP contribution < -0.4 is 16.0 Å². The first-order valence-electron chi connectivity index (χ1n) is 7.00. The molecule has 0 aliphatic carbocycles. The fourth-order valence-corrected chi connectivity index (χ4v) is 2.66. The van der Waals surface area contributed by atoms with Gasteiger partial charge < -0.3 is 16.0 Å². The average Bonchev–Trinajstić information content (AvgIpc) is 2.92. The number of nitrogens with two attached hydrogens (primary N) is 1. The van der Waals surface area contributed by atoms with Gasteiger partial charge in [-0.15, -0.1) is 0 Å². The summed E-state index contributed by atoms with van der Waals surface area (Å²) in [5.74, 6) is 0.746. The second kappa shape index (κ2) is 5.54. The third-order valence-corrected chi connectivity index (χ3v) is 3.72. The quantitative estimate of drug-likeness (QED) is 0.843. The number of rotatable bonds is 3. The molecule has 0 bridgehead atoms. The fraction of sp³-hybridized carbons (Fsp3) is 0.250. The molecule has 0 radical (unpaired) electrons. The first-order chi connectivity index (χ1) is 10.2. The van der Waals surface area contributed by atoms with E-state index in [1.807, 2.05) is 24.3 Å². The first-order valence-corrected chi connectivity index (χ1v) is 7.00. The number of pyridine rings is 1. The summed E-state index contributed by atoms with van der Waals surface area (Å²) < 4.78 is 0. The van der Waals surface area contributed by atoms with Crippen molar-refractivity contribution >= 4 is 28.2 Å². The van der Waals surface area contributed by atoms with Crippen molar-refractivity contribution in [2.24, 2.45) is 5.73 Å². The maximum absolute atomic E-state index is 11.4. The molecule has 21 heavy (non-hydrogen) atoms. The van der Waals surface area contributed by atoms with Crippen LogP contribution in [0, 0.1) is 0 Å². The van der Waals surface area contributed by atoms with Crippen molar-refractivity contribution in [3.8, 4) is 0 Å². The van der Waals surface area contributed by atoms with Crippen molar-refractivity contribution in [1.29, 1.82) is 0 Å². The molecular formula is C16H18N4O. The zero-order valence-corrected chi connectivity index (χ0v) is 11.7. The van der Waals surface area contributed by atoms with E-state index in [9.17, 15) is 4.79 Å². The number of anilines is 2. The molecule has 1 aliphatic heterocycles. The van der Waals surface area contributed by atoms with Gasteiger partial charge >= 0.3 is 0 Å². The van der Waals surface area contributed by atoms with Crippen LogP contribution in [-0.4, -0.2) is 30.0 Å². The van der Waals surface area contributed by atoms with Gasteiger partial charge in [-0.3, -0.25) is 4.79 Å². The number of carbonyl (C=O) groups excluding carboxylic acids is 1. The Bertz CT molecular complexity index is 698. The predicted octanol–water partition coefficient (Wildman–Crippen LogP) is 1.90. The summed E-state index contributed by atoms with van der Waals surface area (Å²) in [5.41, 5.74) is 6.73. The van der Waals surface area contributed by atoms with Crippen LogP contribution >= 0.6 is 0 Å². The van der Waals surface area contributed by atoms with Crippen molar-refractivity contribution in [2.45, 2.75) is 12.5 Å². The molecular weight excluding hydrogens is 264 g/mol. The minimum atomic E-state index is -0.214. The van der Waals surface area contributed by atoms with Crippen LogP contribution in [0.2, 0.25) is 0 Å². The molecule has 2 aromatic rings. The van der Waals surface area contributed by atoms with Gasteiger partial charge in [-0.25, -0.2) is 4.98 Å². The Morgan fingerprint density at radius 2 is 2.33 bits per heavy atom. The average molecular weight is 282 g/mol. The Hall–Kier alpha value is -2.40. The monoisotopic (exact) mass is 282 g/mol. The largest absolute Gasteiger partial charge is 0.354 e. The van der Waals surface area contributed by atoms with Crippen molar-refractivity contribution in [1.82, 2.24) is 4.98 Å². The van der Waals surface area contributed by atoms with E-state index in [4.69, 9.17) is 5.73 Å². The van der Waals surface area contributed by atoms with Crippen molar-refractivity contribution in [2.75, 3.05) is 23.3 Å². The maximum Gasteiger partial charge on any atom is 0.247 e. The number of nitrogens with zero attached hydrogens (tertiary/aromatic N) is 2. The van der Waals surface area contributed by atoms with Crippen LogP contribution in [0.4, 0.5) is 11.5 Å². The first kappa shape index (κ1) is 13.6. The summed E-state index contributed by atoms with van der Waals surface area (Å²) in [6.07, 6.45) is 4.04. The van der Waals surface area contributed by atoms with E-state index in [0.29, 0.717) is 0 Å². The van der Waals surface area contributed by atoms with Crippen LogP contribution in [0.5, 0.6) is 0 Å². The number of nitrogens with one attached hydrogen (secondary N) is 1. The molecule has 1 aromatic carbocycles. The molecule has 3 rings (SSSR count). The molecule has 1 amide bonds. The van der Waals surface area contributed by atoms with Crippen LogP contribution in [0.15, 0.2) is 43.1 Å². The lowest BCUT2D eigenvalue weighted by atomic mass is 10.1. The normalized spacial score (nSPS) is 18.0. The Balaban J connectivity index is 1.96. The van der Waals surface area contributed by atoms with Crippen LogP contribution in [-0.2, 0) is 4.79 Å². The lowest BCUT2D eigenvalue weighted by Crippen LogP contribution is -2.26. The number of hydrogen-bond acceptors (Lipinski definition) is 4. The van der Waals surface area contributed by atoms with Crippen LogP contribution in [0.1, 0.15) is 6.42 Å². The standard InChI is InChI=1S/C16H18N4O/c1-2-15(21)19-13-3-4-14-11(9-13)5-7-18-16(14)20-8-6-12(17)10-20/h2-5,7,9,12H,1,6,8,10,17H2,(H,19,21). The molecule has 2 heterocycles. The summed E-state index contributed by atoms with van der Waals surface area (Å²) in [6, 6.07) is 7.97. The third-order valence-electron chi connectivity index (χ3n) is 3.72. The topological polar surface area (TPSA) is 71.2 Å². The zero-order chi connectivity index (χ0) is 14.8. The minimum absolute atomic E-state index is 0.214. The van der Waals surface area contributed by atoms with Gasteiger partial charge in [0.05, 0.1) is 0 Å². The number of carbonyl (C=O) groups is 1. The van der Waals surface area contributed by atoms with Gasteiger partial charge in [0.2, 0.25) is 5.91 Å². The second-order valence-corrected chi connectivity index (χ2v) is 5.26. The molecule has 0 spiro atoms. The molecule has 1 fully saturated rings. The van der Waals surface area contributed by atoms with Gasteiger partial charge in [0, 0.05) is 36.4 Å². The summed E-state index contributed by atoms with van der Waals surface area (Å²) in [7, 11) is 0. The van der Waals surface area contributed by atoms with E-state index in [1.54, 1.807) is 6.20 Å². The predicted molar refractivity (Wildman–Crippen MR) is 85.4 cm³/mol. The Morgan fingerprint density at radius 3 is 3.05 bits per heavy atom. The Labute approximate surface area is 123 Å². The lowest BCUT2D eigenvalue weighted by Gasteiger charge is -2.19. The minimum Gasteiger partial charge on any atom is -0.354 e. The third kappa shape index (κ3) is 2.73. The van der Waals surface area contributed by atoms with Crippen LogP contribution in [0.25, 0.3) is 10.8 Å². The van der Waals surface area contributed by atoms with Crippen molar-refractivity contribution in [3.05, 3.63) is 43.1 Å². The lowest BCUT2D eigenvalue weighted by molar-refractivity contribution is -0.111. The molecule has 5 nitrogen and oxygen atoms in total. The SMILES string of the molecule is C=CC(=O)Nc1ccc2c(N3CCC(N)C3)nccc2c1. The van der Waals surface area contributed by atoms with Gasteiger partial charge in [-0.05, 0) is 42.1 Å². The Kier molecular flexibility index (Phi) is 3.58. The van der Waals surface area contributed by atoms with E-state index in [1.165, 1.54) is 6.08 Å². The molecule has 1 aliphatic rings. The Morgan fingerprint density at radius 1 is 1.48 bits per heavy atom. The van der Waals surface area contributed by atoms with Crippen molar-refractivity contribution < 1.29 is 4.79 Å². The highest BCUT2D eigenvalue weighted by molar-refractivity contribution is 6.01. The summed E-state index contributed by atoms with van der Waals surface area (Å²) in [4.78, 5) is 18.1. The summed E-state index contributed by atoms with van der Waals surface area (Å²) in [5, 5.41) is 4.89. The zero-order valence-electron chi connectivity index (χ0n) is 11.7. The molecule has 1 atom stereocenters. The smallest absolute Gasteiger partial charge is 0.247 e. The van der Waals surface area contributed by atoms with Gasteiger partial charge in [0.15, 0.2) is 0 Å². The molecule has 1 saturated heterocycles. The molecule has 3 N–H and O–H groups in total. The second-order valence-electron chi connectivity index (χ2n) is 5.26. The number of benzene rings is 1. The highest BCUT2D eigenvalue weighted by Crippen LogP contribution is 2.28. The highest BCUT2D eigenvalue weighted by Gasteiger charge is 2.21. The number of aromatic nitrogens is 1. The number of fused-ring (bicyclic) bond motifs is 1. The molecule has 0 saturated carbocycles. The molecule has 108 valence electrons. The number of hydrogen-bond donors (Lipinski definition) is 2. The van der Waals surface area contributed by atoms with Gasteiger partial charge in [0.1, 0.15) is 5.82 Å². The van der Waals surface area contributed by atoms with E-state index < -0.39 is 0 Å². The molecule has 1 unspecified atom stereocenters. The van der Waals surface area contributed by atoms with E-state index in [-0.39, 0.29) is 11.9 Å². The molecule has 5 heteroatoms. The number of amides is 1. The summed E-state index contributed by atoms with van der Waals surface area (Å²) >= 11 is 0. The van der Waals surface area contributed by atoms with E-state index in [0.717, 1.165) is 41.8 Å². The van der Waals surface area contributed by atoms with Gasteiger partial charge in [-0.2, -0.15) is 0 Å². The van der Waals surface area contributed by atoms with Crippen LogP contribution in [0.3, 0.4) is 0 Å². The fourth-order valence-electron chi connectivity index (χ4n) is 2.66. The van der Waals surface area contributed by atoms with E-state index >= 15 is 0 Å². The van der Waals surface area contributed by atoms with Gasteiger partial charge in [0.25, 0.3) is 0 Å². The highest BCUT2D eigenvalue weighted by atomic mass is 16.1. The maximum atomic E-state index is 11.4. The molecule has 1 aromatic heterocycles.